The normalized spacial score (nSPS) is 15.1. The van der Waals surface area contributed by atoms with Crippen molar-refractivity contribution in [3.05, 3.63) is 58.1 Å². The number of hydrogen-bond donors (Lipinski definition) is 0. The molecule has 1 aliphatic heterocycles. The van der Waals surface area contributed by atoms with E-state index in [-0.39, 0.29) is 24.7 Å². The van der Waals surface area contributed by atoms with Gasteiger partial charge < -0.3 is 4.90 Å². The van der Waals surface area contributed by atoms with E-state index in [4.69, 9.17) is 23.2 Å². The minimum atomic E-state index is -3.08. The van der Waals surface area contributed by atoms with Gasteiger partial charge in [-0.2, -0.15) is 0 Å². The first-order valence-electron chi connectivity index (χ1n) is 7.88. The molecule has 3 rings (SSSR count). The lowest BCUT2D eigenvalue weighted by atomic mass is 10.0. The molecule has 0 radical (unpaired) electrons. The van der Waals surface area contributed by atoms with Crippen molar-refractivity contribution in [2.75, 3.05) is 18.8 Å². The summed E-state index contributed by atoms with van der Waals surface area (Å²) in [6.07, 6.45) is 0. The lowest BCUT2D eigenvalue weighted by Gasteiger charge is -2.38. The number of amides is 1. The molecule has 1 amide bonds. The number of rotatable bonds is 4. The van der Waals surface area contributed by atoms with Crippen molar-refractivity contribution < 1.29 is 13.2 Å². The fourth-order valence-electron chi connectivity index (χ4n) is 2.73. The van der Waals surface area contributed by atoms with E-state index < -0.39 is 15.1 Å². The van der Waals surface area contributed by atoms with E-state index >= 15 is 0 Å². The van der Waals surface area contributed by atoms with Gasteiger partial charge in [0.25, 0.3) is 5.91 Å². The Kier molecular flexibility index (Phi) is 5.09. The van der Waals surface area contributed by atoms with Crippen LogP contribution in [-0.2, 0) is 9.84 Å². The number of benzene rings is 2. The summed E-state index contributed by atoms with van der Waals surface area (Å²) in [7, 11) is -3.08. The van der Waals surface area contributed by atoms with Crippen LogP contribution in [0.2, 0.25) is 10.0 Å². The maximum Gasteiger partial charge on any atom is 0.253 e. The van der Waals surface area contributed by atoms with Crippen LogP contribution in [0.1, 0.15) is 17.3 Å². The highest BCUT2D eigenvalue weighted by atomic mass is 35.5. The van der Waals surface area contributed by atoms with Gasteiger partial charge in [-0.15, -0.1) is 0 Å². The van der Waals surface area contributed by atoms with Crippen molar-refractivity contribution in [2.24, 2.45) is 0 Å². The van der Waals surface area contributed by atoms with E-state index in [2.05, 4.69) is 0 Å². The zero-order chi connectivity index (χ0) is 18.2. The second-order valence-corrected chi connectivity index (χ2v) is 9.37. The molecule has 1 aliphatic rings. The Hall–Kier alpha value is -1.56. The van der Waals surface area contributed by atoms with Gasteiger partial charge in [-0.1, -0.05) is 48.3 Å². The minimum Gasteiger partial charge on any atom is -0.336 e. The van der Waals surface area contributed by atoms with E-state index in [1.807, 2.05) is 18.2 Å². The van der Waals surface area contributed by atoms with E-state index in [1.165, 1.54) is 0 Å². The summed E-state index contributed by atoms with van der Waals surface area (Å²) in [5.41, 5.74) is 2.37. The summed E-state index contributed by atoms with van der Waals surface area (Å²) in [4.78, 5) is 14.0. The molecule has 0 spiro atoms. The average molecular weight is 398 g/mol. The molecule has 0 unspecified atom stereocenters. The standard InChI is InChI=1S/C18H17Cl2NO3S/c1-2-25(23,24)15-10-21(11-15)18(22)13-5-3-12(4-6-13)14-7-8-16(19)17(20)9-14/h3-9,15H,2,10-11H2,1H3. The third-order valence-electron chi connectivity index (χ3n) is 4.43. The van der Waals surface area contributed by atoms with Crippen molar-refractivity contribution in [3.63, 3.8) is 0 Å². The van der Waals surface area contributed by atoms with Gasteiger partial charge in [0.05, 0.1) is 15.3 Å². The topological polar surface area (TPSA) is 54.5 Å². The minimum absolute atomic E-state index is 0.109. The van der Waals surface area contributed by atoms with Crippen molar-refractivity contribution in [3.8, 4) is 11.1 Å². The Morgan fingerprint density at radius 3 is 2.20 bits per heavy atom. The monoisotopic (exact) mass is 397 g/mol. The summed E-state index contributed by atoms with van der Waals surface area (Å²) in [5.74, 6) is -0.0406. The molecule has 2 aromatic carbocycles. The quantitative estimate of drug-likeness (QED) is 0.785. The molecule has 1 fully saturated rings. The largest absolute Gasteiger partial charge is 0.336 e. The molecule has 7 heteroatoms. The molecule has 0 N–H and O–H groups in total. The third kappa shape index (κ3) is 3.68. The zero-order valence-corrected chi connectivity index (χ0v) is 15.9. The van der Waals surface area contributed by atoms with Gasteiger partial charge in [-0.05, 0) is 35.4 Å². The SMILES string of the molecule is CCS(=O)(=O)C1CN(C(=O)c2ccc(-c3ccc(Cl)c(Cl)c3)cc2)C1. The molecular formula is C18H17Cl2NO3S. The average Bonchev–Trinajstić information content (AvgIpc) is 2.56. The van der Waals surface area contributed by atoms with Crippen LogP contribution in [-0.4, -0.2) is 43.3 Å². The molecular weight excluding hydrogens is 381 g/mol. The summed E-state index contributed by atoms with van der Waals surface area (Å²) in [5, 5.41) is 0.534. The number of carbonyl (C=O) groups is 1. The number of nitrogens with zero attached hydrogens (tertiary/aromatic N) is 1. The number of carbonyl (C=O) groups excluding carboxylic acids is 1. The molecule has 0 aliphatic carbocycles. The fraction of sp³-hybridized carbons (Fsp3) is 0.278. The van der Waals surface area contributed by atoms with Crippen LogP contribution in [0.5, 0.6) is 0 Å². The molecule has 4 nitrogen and oxygen atoms in total. The summed E-state index contributed by atoms with van der Waals surface area (Å²) in [6, 6.07) is 12.5. The molecule has 2 aromatic rings. The predicted octanol–water partition coefficient (Wildman–Crippen LogP) is 3.92. The van der Waals surface area contributed by atoms with Gasteiger partial charge >= 0.3 is 0 Å². The lowest BCUT2D eigenvalue weighted by molar-refractivity contribution is 0.0659. The van der Waals surface area contributed by atoms with Crippen LogP contribution < -0.4 is 0 Å². The Morgan fingerprint density at radius 1 is 1.04 bits per heavy atom. The van der Waals surface area contributed by atoms with Crippen LogP contribution in [0.3, 0.4) is 0 Å². The highest BCUT2D eigenvalue weighted by Gasteiger charge is 2.38. The van der Waals surface area contributed by atoms with Gasteiger partial charge in [0.1, 0.15) is 0 Å². The Bertz CT molecular complexity index is 904. The number of sulfone groups is 1. The molecule has 0 aromatic heterocycles. The molecule has 132 valence electrons. The molecule has 0 atom stereocenters. The zero-order valence-electron chi connectivity index (χ0n) is 13.6. The predicted molar refractivity (Wildman–Crippen MR) is 101 cm³/mol. The Labute approximate surface area is 157 Å². The van der Waals surface area contributed by atoms with Crippen LogP contribution in [0.15, 0.2) is 42.5 Å². The van der Waals surface area contributed by atoms with E-state index in [1.54, 1.807) is 36.1 Å². The first-order chi connectivity index (χ1) is 11.8. The highest BCUT2D eigenvalue weighted by Crippen LogP contribution is 2.29. The van der Waals surface area contributed by atoms with E-state index in [9.17, 15) is 13.2 Å². The maximum atomic E-state index is 12.4. The molecule has 0 bridgehead atoms. The van der Waals surface area contributed by atoms with Crippen LogP contribution in [0.25, 0.3) is 11.1 Å². The van der Waals surface area contributed by atoms with Crippen molar-refractivity contribution >= 4 is 38.9 Å². The third-order valence-corrected chi connectivity index (χ3v) is 7.29. The summed E-state index contributed by atoms with van der Waals surface area (Å²) in [6.45, 7) is 2.16. The summed E-state index contributed by atoms with van der Waals surface area (Å²) >= 11 is 12.0. The van der Waals surface area contributed by atoms with Gasteiger partial charge in [0.2, 0.25) is 0 Å². The molecule has 1 heterocycles. The van der Waals surface area contributed by atoms with Gasteiger partial charge in [0.15, 0.2) is 9.84 Å². The van der Waals surface area contributed by atoms with Crippen LogP contribution >= 0.6 is 23.2 Å². The van der Waals surface area contributed by atoms with E-state index in [0.29, 0.717) is 15.6 Å². The van der Waals surface area contributed by atoms with E-state index in [0.717, 1.165) is 11.1 Å². The van der Waals surface area contributed by atoms with Crippen molar-refractivity contribution in [1.29, 1.82) is 0 Å². The first kappa shape index (κ1) is 18.2. The maximum absolute atomic E-state index is 12.4. The van der Waals surface area contributed by atoms with Crippen molar-refractivity contribution in [1.82, 2.24) is 4.90 Å². The van der Waals surface area contributed by atoms with Crippen molar-refractivity contribution in [2.45, 2.75) is 12.2 Å². The summed E-state index contributed by atoms with van der Waals surface area (Å²) < 4.78 is 23.6. The van der Waals surface area contributed by atoms with Gasteiger partial charge in [-0.3, -0.25) is 4.79 Å². The van der Waals surface area contributed by atoms with Gasteiger partial charge in [0, 0.05) is 24.4 Å². The van der Waals surface area contributed by atoms with Crippen LogP contribution in [0.4, 0.5) is 0 Å². The fourth-order valence-corrected chi connectivity index (χ4v) is 4.31. The van der Waals surface area contributed by atoms with Gasteiger partial charge in [-0.25, -0.2) is 8.42 Å². The second kappa shape index (κ2) is 6.98. The molecule has 1 saturated heterocycles. The smallest absolute Gasteiger partial charge is 0.253 e. The number of likely N-dealkylation sites (tertiary alicyclic amines) is 1. The number of hydrogen-bond acceptors (Lipinski definition) is 3. The Morgan fingerprint density at radius 2 is 1.64 bits per heavy atom. The highest BCUT2D eigenvalue weighted by molar-refractivity contribution is 7.92. The molecule has 0 saturated carbocycles. The number of halogens is 2. The first-order valence-corrected chi connectivity index (χ1v) is 10.4. The molecule has 25 heavy (non-hydrogen) atoms. The Balaban J connectivity index is 1.71. The second-order valence-electron chi connectivity index (χ2n) is 5.99. The van der Waals surface area contributed by atoms with Crippen LogP contribution in [0, 0.1) is 0 Å². The lowest BCUT2D eigenvalue weighted by Crippen LogP contribution is -2.57.